The van der Waals surface area contributed by atoms with E-state index in [2.05, 4.69) is 10.3 Å². The molecule has 2 atom stereocenters. The number of nitrogens with zero attached hydrogens (tertiary/aromatic N) is 3. The maximum absolute atomic E-state index is 9.28. The quantitative estimate of drug-likeness (QED) is 0.679. The Balaban J connectivity index is 2.67. The lowest BCUT2D eigenvalue weighted by Gasteiger charge is -2.13. The summed E-state index contributed by atoms with van der Waals surface area (Å²) in [6.45, 7) is 3.64. The van der Waals surface area contributed by atoms with E-state index in [1.54, 1.807) is 17.8 Å². The largest absolute Gasteiger partial charge is 0.396 e. The van der Waals surface area contributed by atoms with E-state index in [4.69, 9.17) is 5.11 Å². The molecule has 0 radical (unpaired) electrons. The summed E-state index contributed by atoms with van der Waals surface area (Å²) in [7, 11) is 0. The van der Waals surface area contributed by atoms with E-state index in [-0.39, 0.29) is 12.6 Å². The van der Waals surface area contributed by atoms with Crippen molar-refractivity contribution >= 4 is 0 Å². The van der Waals surface area contributed by atoms with Crippen LogP contribution in [0.15, 0.2) is 6.20 Å². The van der Waals surface area contributed by atoms with Crippen LogP contribution in [0.5, 0.6) is 0 Å². The zero-order valence-corrected chi connectivity index (χ0v) is 7.88. The summed E-state index contributed by atoms with van der Waals surface area (Å²) in [5, 5.41) is 25.6. The summed E-state index contributed by atoms with van der Waals surface area (Å²) in [5.41, 5.74) is 0.745. The summed E-state index contributed by atoms with van der Waals surface area (Å²) in [4.78, 5) is 0. The van der Waals surface area contributed by atoms with Gasteiger partial charge >= 0.3 is 0 Å². The minimum Gasteiger partial charge on any atom is -0.396 e. The van der Waals surface area contributed by atoms with Crippen LogP contribution in [0, 0.1) is 0 Å². The van der Waals surface area contributed by atoms with Gasteiger partial charge < -0.3 is 10.2 Å². The van der Waals surface area contributed by atoms with Crippen molar-refractivity contribution < 1.29 is 10.2 Å². The Morgan fingerprint density at radius 1 is 1.54 bits per heavy atom. The van der Waals surface area contributed by atoms with Crippen molar-refractivity contribution in [3.63, 3.8) is 0 Å². The lowest BCUT2D eigenvalue weighted by Crippen LogP contribution is -2.18. The lowest BCUT2D eigenvalue weighted by atomic mass is 10.2. The van der Waals surface area contributed by atoms with E-state index in [1.165, 1.54) is 0 Å². The molecule has 2 N–H and O–H groups in total. The predicted octanol–water partition coefficient (Wildman–Crippen LogP) is -0.245. The summed E-state index contributed by atoms with van der Waals surface area (Å²) in [6, 6.07) is -0.0834. The van der Waals surface area contributed by atoms with E-state index in [0.717, 1.165) is 5.69 Å². The summed E-state index contributed by atoms with van der Waals surface area (Å²) in [6.07, 6.45) is 1.80. The Morgan fingerprint density at radius 3 is 2.77 bits per heavy atom. The second kappa shape index (κ2) is 4.34. The summed E-state index contributed by atoms with van der Waals surface area (Å²) < 4.78 is 1.61. The van der Waals surface area contributed by atoms with E-state index < -0.39 is 6.10 Å². The predicted molar refractivity (Wildman–Crippen MR) is 47.2 cm³/mol. The highest BCUT2D eigenvalue weighted by molar-refractivity contribution is 4.93. The molecule has 13 heavy (non-hydrogen) atoms. The van der Waals surface area contributed by atoms with Crippen molar-refractivity contribution in [2.75, 3.05) is 6.61 Å². The van der Waals surface area contributed by atoms with E-state index in [0.29, 0.717) is 6.42 Å². The van der Waals surface area contributed by atoms with Gasteiger partial charge in [-0.25, -0.2) is 4.68 Å². The van der Waals surface area contributed by atoms with Crippen LogP contribution in [-0.4, -0.2) is 37.9 Å². The first-order chi connectivity index (χ1) is 6.15. The fraction of sp³-hybridized carbons (Fsp3) is 0.750. The third-order valence-electron chi connectivity index (χ3n) is 2.04. The zero-order chi connectivity index (χ0) is 9.84. The number of aromatic nitrogens is 3. The average molecular weight is 185 g/mol. The average Bonchev–Trinajstić information content (AvgIpc) is 2.52. The van der Waals surface area contributed by atoms with Gasteiger partial charge in [-0.3, -0.25) is 0 Å². The molecule has 0 spiro atoms. The molecule has 1 aromatic heterocycles. The molecule has 0 aliphatic carbocycles. The molecule has 0 aromatic carbocycles. The molecule has 5 nitrogen and oxygen atoms in total. The molecule has 0 saturated heterocycles. The van der Waals surface area contributed by atoms with Gasteiger partial charge in [0.2, 0.25) is 0 Å². The van der Waals surface area contributed by atoms with Crippen molar-refractivity contribution in [3.05, 3.63) is 11.9 Å². The smallest absolute Gasteiger partial charge is 0.0850 e. The molecule has 0 aliphatic heterocycles. The molecule has 2 unspecified atom stereocenters. The lowest BCUT2D eigenvalue weighted by molar-refractivity contribution is 0.131. The van der Waals surface area contributed by atoms with Gasteiger partial charge in [-0.05, 0) is 13.8 Å². The van der Waals surface area contributed by atoms with E-state index in [1.807, 2.05) is 6.92 Å². The Hall–Kier alpha value is -0.940. The van der Waals surface area contributed by atoms with Crippen molar-refractivity contribution in [2.24, 2.45) is 0 Å². The van der Waals surface area contributed by atoms with Gasteiger partial charge in [0, 0.05) is 19.2 Å². The number of rotatable bonds is 4. The molecular weight excluding hydrogens is 170 g/mol. The van der Waals surface area contributed by atoms with E-state index in [9.17, 15) is 5.11 Å². The van der Waals surface area contributed by atoms with Gasteiger partial charge in [0.05, 0.1) is 17.8 Å². The van der Waals surface area contributed by atoms with Crippen LogP contribution >= 0.6 is 0 Å². The van der Waals surface area contributed by atoms with Gasteiger partial charge in [-0.1, -0.05) is 5.21 Å². The standard InChI is InChI=1S/C8H15N3O2/c1-6(7(2)13)11-5-8(3-4-12)9-10-11/h5-7,12-13H,3-4H2,1-2H3. The Morgan fingerprint density at radius 2 is 2.23 bits per heavy atom. The van der Waals surface area contributed by atoms with Gasteiger partial charge in [0.15, 0.2) is 0 Å². The molecule has 74 valence electrons. The zero-order valence-electron chi connectivity index (χ0n) is 7.88. The van der Waals surface area contributed by atoms with Crippen molar-refractivity contribution in [1.82, 2.24) is 15.0 Å². The summed E-state index contributed by atoms with van der Waals surface area (Å²) in [5.74, 6) is 0. The minimum atomic E-state index is -0.455. The van der Waals surface area contributed by atoms with Gasteiger partial charge in [-0.15, -0.1) is 5.10 Å². The molecule has 5 heteroatoms. The Labute approximate surface area is 77.0 Å². The molecule has 0 bridgehead atoms. The van der Waals surface area contributed by atoms with Gasteiger partial charge in [-0.2, -0.15) is 0 Å². The number of aliphatic hydroxyl groups excluding tert-OH is 2. The maximum atomic E-state index is 9.28. The SMILES string of the molecule is CC(O)C(C)n1cc(CCO)nn1. The van der Waals surface area contributed by atoms with Crippen LogP contribution < -0.4 is 0 Å². The second-order valence-electron chi connectivity index (χ2n) is 3.14. The third kappa shape index (κ3) is 2.50. The molecule has 0 saturated carbocycles. The second-order valence-corrected chi connectivity index (χ2v) is 3.14. The fourth-order valence-electron chi connectivity index (χ4n) is 0.963. The first kappa shape index (κ1) is 10.1. The highest BCUT2D eigenvalue weighted by Crippen LogP contribution is 2.09. The highest BCUT2D eigenvalue weighted by Gasteiger charge is 2.12. The van der Waals surface area contributed by atoms with Gasteiger partial charge in [0.1, 0.15) is 0 Å². The first-order valence-corrected chi connectivity index (χ1v) is 4.34. The van der Waals surface area contributed by atoms with Crippen LogP contribution in [-0.2, 0) is 6.42 Å². The molecule has 0 aliphatic rings. The van der Waals surface area contributed by atoms with Crippen LogP contribution in [0.4, 0.5) is 0 Å². The molecule has 0 amide bonds. The van der Waals surface area contributed by atoms with Crippen LogP contribution in [0.2, 0.25) is 0 Å². The maximum Gasteiger partial charge on any atom is 0.0850 e. The van der Waals surface area contributed by atoms with E-state index >= 15 is 0 Å². The fourth-order valence-corrected chi connectivity index (χ4v) is 0.963. The highest BCUT2D eigenvalue weighted by atomic mass is 16.3. The first-order valence-electron chi connectivity index (χ1n) is 4.34. The number of aliphatic hydroxyl groups is 2. The number of hydrogen-bond donors (Lipinski definition) is 2. The monoisotopic (exact) mass is 185 g/mol. The van der Waals surface area contributed by atoms with Crippen molar-refractivity contribution in [1.29, 1.82) is 0 Å². The minimum absolute atomic E-state index is 0.0712. The summed E-state index contributed by atoms with van der Waals surface area (Å²) >= 11 is 0. The van der Waals surface area contributed by atoms with Crippen LogP contribution in [0.1, 0.15) is 25.6 Å². The Kier molecular flexibility index (Phi) is 3.39. The van der Waals surface area contributed by atoms with Crippen LogP contribution in [0.25, 0.3) is 0 Å². The normalized spacial score (nSPS) is 15.7. The van der Waals surface area contributed by atoms with Crippen molar-refractivity contribution in [3.8, 4) is 0 Å². The topological polar surface area (TPSA) is 71.2 Å². The number of hydrogen-bond acceptors (Lipinski definition) is 4. The Bertz CT molecular complexity index is 260. The molecule has 1 aromatic rings. The van der Waals surface area contributed by atoms with Crippen LogP contribution in [0.3, 0.4) is 0 Å². The molecule has 1 heterocycles. The molecule has 0 fully saturated rings. The molecule has 1 rings (SSSR count). The van der Waals surface area contributed by atoms with Crippen molar-refractivity contribution in [2.45, 2.75) is 32.4 Å². The molecular formula is C8H15N3O2. The third-order valence-corrected chi connectivity index (χ3v) is 2.04. The van der Waals surface area contributed by atoms with Gasteiger partial charge in [0.25, 0.3) is 0 Å².